The molecule has 0 bridgehead atoms. The number of aromatic nitrogens is 2. The Morgan fingerprint density at radius 1 is 1.17 bits per heavy atom. The molecule has 0 aliphatic carbocycles. The SMILES string of the molecule is CCNC(=O)c1cc2c(-c3cc(CNCc4cccs4)ccc3C)nc(N)nc2s1. The fourth-order valence-corrected chi connectivity index (χ4v) is 4.91. The van der Waals surface area contributed by atoms with E-state index in [9.17, 15) is 4.79 Å². The van der Waals surface area contributed by atoms with Crippen molar-refractivity contribution >= 4 is 44.7 Å². The van der Waals surface area contributed by atoms with Crippen LogP contribution in [0.2, 0.25) is 0 Å². The number of thiophene rings is 2. The summed E-state index contributed by atoms with van der Waals surface area (Å²) < 4.78 is 0. The zero-order chi connectivity index (χ0) is 21.1. The van der Waals surface area contributed by atoms with Crippen LogP contribution in [-0.2, 0) is 13.1 Å². The summed E-state index contributed by atoms with van der Waals surface area (Å²) in [5.41, 5.74) is 10.0. The maximum Gasteiger partial charge on any atom is 0.261 e. The average Bonchev–Trinajstić information content (AvgIpc) is 3.38. The number of aryl methyl sites for hydroxylation is 1. The molecular formula is C22H23N5OS2. The molecule has 0 fully saturated rings. The highest BCUT2D eigenvalue weighted by atomic mass is 32.1. The summed E-state index contributed by atoms with van der Waals surface area (Å²) in [6.45, 7) is 6.12. The monoisotopic (exact) mass is 437 g/mol. The van der Waals surface area contributed by atoms with E-state index in [1.165, 1.54) is 16.2 Å². The summed E-state index contributed by atoms with van der Waals surface area (Å²) in [5, 5.41) is 9.26. The van der Waals surface area contributed by atoms with Crippen molar-refractivity contribution < 1.29 is 4.79 Å². The third-order valence-electron chi connectivity index (χ3n) is 4.74. The van der Waals surface area contributed by atoms with Gasteiger partial charge in [0, 0.05) is 35.5 Å². The lowest BCUT2D eigenvalue weighted by Crippen LogP contribution is -2.21. The number of fused-ring (bicyclic) bond motifs is 1. The second-order valence-electron chi connectivity index (χ2n) is 6.95. The Morgan fingerprint density at radius 2 is 2.03 bits per heavy atom. The third-order valence-corrected chi connectivity index (χ3v) is 6.64. The normalized spacial score (nSPS) is 11.1. The zero-order valence-corrected chi connectivity index (χ0v) is 18.5. The van der Waals surface area contributed by atoms with Gasteiger partial charge in [-0.25, -0.2) is 9.97 Å². The molecule has 1 amide bonds. The van der Waals surface area contributed by atoms with Gasteiger partial charge in [0.15, 0.2) is 0 Å². The minimum atomic E-state index is -0.103. The first-order valence-electron chi connectivity index (χ1n) is 9.73. The number of nitrogens with two attached hydrogens (primary N) is 1. The first-order chi connectivity index (χ1) is 14.5. The summed E-state index contributed by atoms with van der Waals surface area (Å²) >= 11 is 3.08. The van der Waals surface area contributed by atoms with Gasteiger partial charge in [0.2, 0.25) is 5.95 Å². The van der Waals surface area contributed by atoms with E-state index < -0.39 is 0 Å². The van der Waals surface area contributed by atoms with Crippen LogP contribution in [0.1, 0.15) is 32.6 Å². The van der Waals surface area contributed by atoms with Crippen molar-refractivity contribution in [3.05, 3.63) is 62.7 Å². The molecule has 30 heavy (non-hydrogen) atoms. The summed E-state index contributed by atoms with van der Waals surface area (Å²) in [5.74, 6) is 0.107. The van der Waals surface area contributed by atoms with E-state index >= 15 is 0 Å². The van der Waals surface area contributed by atoms with Gasteiger partial charge in [-0.1, -0.05) is 18.2 Å². The van der Waals surface area contributed by atoms with E-state index in [4.69, 9.17) is 5.73 Å². The smallest absolute Gasteiger partial charge is 0.261 e. The van der Waals surface area contributed by atoms with Crippen LogP contribution in [0.15, 0.2) is 41.8 Å². The van der Waals surface area contributed by atoms with Crippen LogP contribution in [0.25, 0.3) is 21.5 Å². The number of anilines is 1. The zero-order valence-electron chi connectivity index (χ0n) is 16.9. The van der Waals surface area contributed by atoms with Crippen molar-refractivity contribution in [2.45, 2.75) is 26.9 Å². The van der Waals surface area contributed by atoms with Crippen LogP contribution >= 0.6 is 22.7 Å². The molecule has 0 aliphatic heterocycles. The first-order valence-corrected chi connectivity index (χ1v) is 11.4. The second-order valence-corrected chi connectivity index (χ2v) is 9.01. The number of amides is 1. The molecule has 0 atom stereocenters. The van der Waals surface area contributed by atoms with E-state index in [1.54, 1.807) is 11.3 Å². The average molecular weight is 438 g/mol. The highest BCUT2D eigenvalue weighted by molar-refractivity contribution is 7.20. The Balaban J connectivity index is 1.67. The molecule has 0 radical (unpaired) electrons. The number of hydrogen-bond donors (Lipinski definition) is 3. The quantitative estimate of drug-likeness (QED) is 0.400. The molecule has 3 aromatic heterocycles. The van der Waals surface area contributed by atoms with Crippen molar-refractivity contribution in [1.82, 2.24) is 20.6 Å². The van der Waals surface area contributed by atoms with Crippen molar-refractivity contribution in [1.29, 1.82) is 0 Å². The number of carbonyl (C=O) groups excluding carboxylic acids is 1. The number of benzene rings is 1. The molecule has 6 nitrogen and oxygen atoms in total. The maximum atomic E-state index is 12.3. The van der Waals surface area contributed by atoms with E-state index in [0.29, 0.717) is 11.4 Å². The van der Waals surface area contributed by atoms with Gasteiger partial charge in [0.25, 0.3) is 5.91 Å². The molecule has 0 saturated carbocycles. The molecule has 0 unspecified atom stereocenters. The van der Waals surface area contributed by atoms with Crippen LogP contribution in [0, 0.1) is 6.92 Å². The number of nitrogen functional groups attached to an aromatic ring is 1. The van der Waals surface area contributed by atoms with Gasteiger partial charge in [0.05, 0.1) is 10.6 Å². The van der Waals surface area contributed by atoms with Gasteiger partial charge in [0.1, 0.15) is 4.83 Å². The largest absolute Gasteiger partial charge is 0.368 e. The fourth-order valence-electron chi connectivity index (χ4n) is 3.28. The van der Waals surface area contributed by atoms with Crippen LogP contribution < -0.4 is 16.4 Å². The number of carbonyl (C=O) groups is 1. The lowest BCUT2D eigenvalue weighted by molar-refractivity contribution is 0.0960. The van der Waals surface area contributed by atoms with Crippen molar-refractivity contribution in [3.63, 3.8) is 0 Å². The number of nitrogens with zero attached hydrogens (tertiary/aromatic N) is 2. The molecule has 3 heterocycles. The Kier molecular flexibility index (Phi) is 6.08. The highest BCUT2D eigenvalue weighted by Crippen LogP contribution is 2.34. The predicted molar refractivity (Wildman–Crippen MR) is 125 cm³/mol. The molecule has 4 aromatic rings. The standard InChI is InChI=1S/C22H23N5OS2/c1-3-25-20(28)18-10-17-19(26-22(23)27-21(17)30-18)16-9-14(7-6-13(16)2)11-24-12-15-5-4-8-29-15/h4-10,24H,3,11-12H2,1-2H3,(H,25,28)(H2,23,26,27). The van der Waals surface area contributed by atoms with Crippen LogP contribution in [0.3, 0.4) is 0 Å². The van der Waals surface area contributed by atoms with Gasteiger partial charge < -0.3 is 16.4 Å². The molecular weight excluding hydrogens is 414 g/mol. The molecule has 0 saturated heterocycles. The Bertz CT molecular complexity index is 1180. The molecule has 4 N–H and O–H groups in total. The van der Waals surface area contributed by atoms with Gasteiger partial charge in [-0.2, -0.15) is 0 Å². The fraction of sp³-hybridized carbons (Fsp3) is 0.227. The lowest BCUT2D eigenvalue weighted by Gasteiger charge is -2.11. The predicted octanol–water partition coefficient (Wildman–Crippen LogP) is 4.35. The van der Waals surface area contributed by atoms with E-state index in [1.807, 2.05) is 13.0 Å². The third kappa shape index (κ3) is 4.35. The number of hydrogen-bond acceptors (Lipinski definition) is 7. The molecule has 4 rings (SSSR count). The Labute approximate surface area is 183 Å². The topological polar surface area (TPSA) is 92.9 Å². The molecule has 0 spiro atoms. The van der Waals surface area contributed by atoms with Gasteiger partial charge in [-0.15, -0.1) is 22.7 Å². The molecule has 8 heteroatoms. The molecule has 0 aliphatic rings. The van der Waals surface area contributed by atoms with Crippen molar-refractivity contribution in [3.8, 4) is 11.3 Å². The first kappa shape index (κ1) is 20.5. The minimum Gasteiger partial charge on any atom is -0.368 e. The van der Waals surface area contributed by atoms with E-state index in [-0.39, 0.29) is 11.9 Å². The van der Waals surface area contributed by atoms with Crippen molar-refractivity contribution in [2.75, 3.05) is 12.3 Å². The second kappa shape index (κ2) is 8.91. The molecule has 154 valence electrons. The van der Waals surface area contributed by atoms with E-state index in [2.05, 4.69) is 63.2 Å². The van der Waals surface area contributed by atoms with Crippen LogP contribution in [0.4, 0.5) is 5.95 Å². The van der Waals surface area contributed by atoms with Gasteiger partial charge >= 0.3 is 0 Å². The summed E-state index contributed by atoms with van der Waals surface area (Å²) in [4.78, 5) is 23.8. The number of nitrogens with one attached hydrogen (secondary N) is 2. The van der Waals surface area contributed by atoms with Crippen LogP contribution in [0.5, 0.6) is 0 Å². The minimum absolute atomic E-state index is 0.103. The van der Waals surface area contributed by atoms with Crippen molar-refractivity contribution in [2.24, 2.45) is 0 Å². The molecule has 1 aromatic carbocycles. The lowest BCUT2D eigenvalue weighted by atomic mass is 10.00. The Hall–Kier alpha value is -2.81. The summed E-state index contributed by atoms with van der Waals surface area (Å²) in [7, 11) is 0. The number of rotatable bonds is 7. The van der Waals surface area contributed by atoms with Gasteiger partial charge in [-0.05, 0) is 48.6 Å². The van der Waals surface area contributed by atoms with Gasteiger partial charge in [-0.3, -0.25) is 4.79 Å². The highest BCUT2D eigenvalue weighted by Gasteiger charge is 2.17. The van der Waals surface area contributed by atoms with Crippen LogP contribution in [-0.4, -0.2) is 22.4 Å². The summed E-state index contributed by atoms with van der Waals surface area (Å²) in [6.07, 6.45) is 0. The Morgan fingerprint density at radius 3 is 2.80 bits per heavy atom. The van der Waals surface area contributed by atoms with E-state index in [0.717, 1.165) is 45.7 Å². The summed E-state index contributed by atoms with van der Waals surface area (Å²) in [6, 6.07) is 12.4. The maximum absolute atomic E-state index is 12.3.